The summed E-state index contributed by atoms with van der Waals surface area (Å²) in [6.07, 6.45) is 4.02. The minimum absolute atomic E-state index is 0.0871. The summed E-state index contributed by atoms with van der Waals surface area (Å²) in [5.74, 6) is -0.544. The van der Waals surface area contributed by atoms with Crippen LogP contribution in [0.5, 0.6) is 5.75 Å². The quantitative estimate of drug-likeness (QED) is 0.525. The van der Waals surface area contributed by atoms with Crippen LogP contribution in [-0.2, 0) is 26.7 Å². The number of rotatable bonds is 7. The molecule has 170 valence electrons. The number of fused-ring (bicyclic) bond motifs is 2. The third-order valence-corrected chi connectivity index (χ3v) is 8.42. The van der Waals surface area contributed by atoms with Crippen molar-refractivity contribution in [3.05, 3.63) is 52.3 Å². The Bertz CT molecular complexity index is 1230. The maximum Gasteiger partial charge on any atom is 0.264 e. The fraction of sp³-hybridized carbons (Fsp3) is 0.409. The van der Waals surface area contributed by atoms with E-state index in [4.69, 9.17) is 16.4 Å². The SMILES string of the molecule is O=C1Cc2c(ONC3(CO)CC3)cc(NS(=O)(=O)c3ccc(Cl)cc3F)cc2C12CCC2. The molecule has 3 N–H and O–H groups in total. The Labute approximate surface area is 189 Å². The molecule has 0 heterocycles. The van der Waals surface area contributed by atoms with Gasteiger partial charge in [-0.15, -0.1) is 5.48 Å². The summed E-state index contributed by atoms with van der Waals surface area (Å²) in [7, 11) is -4.25. The first-order valence-electron chi connectivity index (χ1n) is 10.4. The van der Waals surface area contributed by atoms with E-state index in [1.165, 1.54) is 12.1 Å². The highest BCUT2D eigenvalue weighted by atomic mass is 35.5. The highest BCUT2D eigenvalue weighted by Gasteiger charge is 2.52. The van der Waals surface area contributed by atoms with Crippen molar-refractivity contribution in [3.8, 4) is 5.75 Å². The Hall–Kier alpha value is -2.20. The van der Waals surface area contributed by atoms with Gasteiger partial charge < -0.3 is 9.94 Å². The van der Waals surface area contributed by atoms with E-state index in [9.17, 15) is 22.7 Å². The van der Waals surface area contributed by atoms with E-state index < -0.39 is 31.7 Å². The van der Waals surface area contributed by atoms with Crippen LogP contribution in [0.15, 0.2) is 35.2 Å². The van der Waals surface area contributed by atoms with Crippen LogP contribution in [0.1, 0.15) is 43.2 Å². The number of halogens is 2. The number of anilines is 1. The van der Waals surface area contributed by atoms with E-state index in [0.717, 1.165) is 42.5 Å². The number of hydroxylamine groups is 1. The van der Waals surface area contributed by atoms with Crippen molar-refractivity contribution in [2.75, 3.05) is 11.3 Å². The van der Waals surface area contributed by atoms with Gasteiger partial charge in [0.15, 0.2) is 5.75 Å². The van der Waals surface area contributed by atoms with Gasteiger partial charge in [0.05, 0.1) is 23.2 Å². The van der Waals surface area contributed by atoms with E-state index >= 15 is 0 Å². The van der Waals surface area contributed by atoms with E-state index in [1.807, 2.05) is 0 Å². The van der Waals surface area contributed by atoms with Gasteiger partial charge in [-0.2, -0.15) is 0 Å². The zero-order valence-corrected chi connectivity index (χ0v) is 18.7. The van der Waals surface area contributed by atoms with Crippen LogP contribution >= 0.6 is 11.6 Å². The summed E-state index contributed by atoms with van der Waals surface area (Å²) < 4.78 is 42.4. The number of ketones is 1. The molecule has 3 aliphatic carbocycles. The summed E-state index contributed by atoms with van der Waals surface area (Å²) in [6.45, 7) is -0.0970. The predicted octanol–water partition coefficient (Wildman–Crippen LogP) is 3.24. The molecule has 2 fully saturated rings. The summed E-state index contributed by atoms with van der Waals surface area (Å²) >= 11 is 5.74. The molecule has 1 spiro atoms. The van der Waals surface area contributed by atoms with Gasteiger partial charge in [-0.05, 0) is 55.5 Å². The van der Waals surface area contributed by atoms with Crippen molar-refractivity contribution in [1.29, 1.82) is 0 Å². The second kappa shape index (κ2) is 7.41. The normalized spacial score (nSPS) is 20.0. The molecule has 0 atom stereocenters. The third kappa shape index (κ3) is 3.48. The molecule has 7 nitrogen and oxygen atoms in total. The lowest BCUT2D eigenvalue weighted by molar-refractivity contribution is -0.125. The summed E-state index contributed by atoms with van der Waals surface area (Å²) in [4.78, 5) is 18.1. The molecule has 0 aliphatic heterocycles. The first kappa shape index (κ1) is 21.6. The lowest BCUT2D eigenvalue weighted by Crippen LogP contribution is -2.39. The van der Waals surface area contributed by atoms with Crippen LogP contribution < -0.4 is 15.0 Å². The van der Waals surface area contributed by atoms with Crippen molar-refractivity contribution >= 4 is 33.1 Å². The fourth-order valence-electron chi connectivity index (χ4n) is 4.47. The molecule has 0 amide bonds. The topological polar surface area (TPSA) is 105 Å². The molecule has 0 radical (unpaired) electrons. The highest BCUT2D eigenvalue weighted by molar-refractivity contribution is 7.92. The first-order chi connectivity index (χ1) is 15.2. The molecule has 2 aromatic rings. The number of aliphatic hydroxyl groups excluding tert-OH is 1. The average molecular weight is 481 g/mol. The number of hydrogen-bond donors (Lipinski definition) is 3. The van der Waals surface area contributed by atoms with Crippen LogP contribution in [0, 0.1) is 5.82 Å². The van der Waals surface area contributed by atoms with E-state index in [2.05, 4.69) is 10.2 Å². The van der Waals surface area contributed by atoms with Gasteiger partial charge in [-0.1, -0.05) is 18.0 Å². The van der Waals surface area contributed by atoms with Crippen molar-refractivity contribution < 1.29 is 27.5 Å². The van der Waals surface area contributed by atoms with E-state index in [0.29, 0.717) is 18.6 Å². The number of sulfonamides is 1. The molecule has 2 aromatic carbocycles. The van der Waals surface area contributed by atoms with Gasteiger partial charge in [0.1, 0.15) is 16.5 Å². The van der Waals surface area contributed by atoms with Crippen molar-refractivity contribution in [1.82, 2.24) is 5.48 Å². The third-order valence-electron chi connectivity index (χ3n) is 6.77. The molecule has 5 rings (SSSR count). The van der Waals surface area contributed by atoms with Crippen LogP contribution in [0.25, 0.3) is 0 Å². The first-order valence-corrected chi connectivity index (χ1v) is 12.3. The number of carbonyl (C=O) groups excluding carboxylic acids is 1. The molecule has 0 aromatic heterocycles. The molecular weight excluding hydrogens is 459 g/mol. The van der Waals surface area contributed by atoms with Crippen molar-refractivity contribution in [3.63, 3.8) is 0 Å². The molecule has 10 heteroatoms. The van der Waals surface area contributed by atoms with Crippen LogP contribution in [0.3, 0.4) is 0 Å². The number of nitrogens with one attached hydrogen (secondary N) is 2. The molecule has 0 bridgehead atoms. The lowest BCUT2D eigenvalue weighted by atomic mass is 9.64. The molecular formula is C22H22ClFN2O5S. The number of aliphatic hydroxyl groups is 1. The predicted molar refractivity (Wildman–Crippen MR) is 116 cm³/mol. The van der Waals surface area contributed by atoms with Gasteiger partial charge in [-0.25, -0.2) is 12.8 Å². The number of Topliss-reactive ketones (excluding diaryl/α,β-unsaturated/α-hetero) is 1. The smallest absolute Gasteiger partial charge is 0.264 e. The standard InChI is InChI=1S/C22H22ClFN2O5S/c23-13-2-3-19(17(24)8-13)32(29,30)25-14-9-16-15(11-20(28)22(16)4-1-5-22)18(10-14)31-26-21(12-27)6-7-21/h2-3,8-10,25-27H,1,4-7,11-12H2. The van der Waals surface area contributed by atoms with Gasteiger partial charge >= 0.3 is 0 Å². The van der Waals surface area contributed by atoms with Gasteiger partial charge in [0, 0.05) is 23.1 Å². The minimum Gasteiger partial charge on any atom is -0.408 e. The lowest BCUT2D eigenvalue weighted by Gasteiger charge is -2.37. The van der Waals surface area contributed by atoms with Crippen LogP contribution in [0.4, 0.5) is 10.1 Å². The zero-order valence-electron chi connectivity index (χ0n) is 17.1. The molecule has 32 heavy (non-hydrogen) atoms. The van der Waals surface area contributed by atoms with E-state index in [1.54, 1.807) is 6.07 Å². The van der Waals surface area contributed by atoms with Gasteiger partial charge in [-0.3, -0.25) is 9.52 Å². The summed E-state index contributed by atoms with van der Waals surface area (Å²) in [6, 6.07) is 6.46. The Morgan fingerprint density at radius 1 is 1.16 bits per heavy atom. The van der Waals surface area contributed by atoms with Crippen LogP contribution in [-0.4, -0.2) is 31.5 Å². The largest absolute Gasteiger partial charge is 0.408 e. The number of hydrogen-bond acceptors (Lipinski definition) is 6. The van der Waals surface area contributed by atoms with Gasteiger partial charge in [0.2, 0.25) is 0 Å². The highest BCUT2D eigenvalue weighted by Crippen LogP contribution is 2.53. The summed E-state index contributed by atoms with van der Waals surface area (Å²) in [5, 5.41) is 9.63. The van der Waals surface area contributed by atoms with E-state index in [-0.39, 0.29) is 29.5 Å². The van der Waals surface area contributed by atoms with Crippen molar-refractivity contribution in [2.45, 2.75) is 54.4 Å². The zero-order chi connectivity index (χ0) is 22.7. The molecule has 3 aliphatic rings. The molecule has 0 unspecified atom stereocenters. The fourth-order valence-corrected chi connectivity index (χ4v) is 5.73. The average Bonchev–Trinajstić information content (AvgIpc) is 3.40. The maximum atomic E-state index is 14.3. The monoisotopic (exact) mass is 480 g/mol. The Morgan fingerprint density at radius 3 is 2.50 bits per heavy atom. The molecule has 0 saturated heterocycles. The van der Waals surface area contributed by atoms with Gasteiger partial charge in [0.25, 0.3) is 10.0 Å². The molecule has 2 saturated carbocycles. The second-order valence-corrected chi connectivity index (χ2v) is 10.9. The maximum absolute atomic E-state index is 14.3. The van der Waals surface area contributed by atoms with Crippen LogP contribution in [0.2, 0.25) is 5.02 Å². The Morgan fingerprint density at radius 2 is 1.91 bits per heavy atom. The minimum atomic E-state index is -4.25. The Kier molecular flexibility index (Phi) is 5.01. The number of benzene rings is 2. The number of carbonyl (C=O) groups is 1. The Balaban J connectivity index is 1.52. The summed E-state index contributed by atoms with van der Waals surface area (Å²) in [5.41, 5.74) is 3.37. The van der Waals surface area contributed by atoms with Crippen molar-refractivity contribution in [2.24, 2.45) is 0 Å². The second-order valence-electron chi connectivity index (χ2n) is 8.86.